The molecule has 0 saturated carbocycles. The third-order valence-corrected chi connectivity index (χ3v) is 3.88. The van der Waals surface area contributed by atoms with E-state index in [0.717, 1.165) is 33.8 Å². The fourth-order valence-electron chi connectivity index (χ4n) is 2.42. The Labute approximate surface area is 154 Å². The van der Waals surface area contributed by atoms with Gasteiger partial charge in [-0.2, -0.15) is 0 Å². The van der Waals surface area contributed by atoms with E-state index in [-0.39, 0.29) is 5.78 Å². The van der Waals surface area contributed by atoms with Crippen molar-refractivity contribution >= 4 is 30.1 Å². The predicted octanol–water partition coefficient (Wildman–Crippen LogP) is 5.29. The van der Waals surface area contributed by atoms with Crippen LogP contribution in [0.25, 0.3) is 24.3 Å². The highest BCUT2D eigenvalue weighted by molar-refractivity contribution is 6.04. The zero-order chi connectivity index (χ0) is 18.9. The van der Waals surface area contributed by atoms with Gasteiger partial charge in [-0.3, -0.25) is 4.79 Å². The monoisotopic (exact) mass is 346 g/mol. The van der Waals surface area contributed by atoms with Gasteiger partial charge in [-0.15, -0.1) is 0 Å². The molecule has 0 bridgehead atoms. The number of carbonyl (C=O) groups excluding carboxylic acids is 1. The Bertz CT molecular complexity index is 802. The van der Waals surface area contributed by atoms with Crippen molar-refractivity contribution in [2.24, 2.45) is 0 Å². The van der Waals surface area contributed by atoms with Crippen molar-refractivity contribution in [3.05, 3.63) is 84.0 Å². The number of carbonyl (C=O) groups is 1. The third kappa shape index (κ3) is 4.84. The summed E-state index contributed by atoms with van der Waals surface area (Å²) in [5.41, 5.74) is 3.61. The van der Waals surface area contributed by atoms with Crippen molar-refractivity contribution in [1.29, 1.82) is 0 Å². The molecule has 0 atom stereocenters. The maximum Gasteiger partial charge on any atom is 0.178 e. The summed E-state index contributed by atoms with van der Waals surface area (Å²) in [7, 11) is 3.23. The third-order valence-electron chi connectivity index (χ3n) is 3.88. The average molecular weight is 346 g/mol. The number of ether oxygens (including phenoxy) is 2. The molecule has 0 unspecified atom stereocenters. The van der Waals surface area contributed by atoms with E-state index < -0.39 is 0 Å². The molecule has 0 aromatic heterocycles. The average Bonchev–Trinajstić information content (AvgIpc) is 2.70. The van der Waals surface area contributed by atoms with Crippen LogP contribution in [0.5, 0.6) is 11.5 Å². The fourth-order valence-corrected chi connectivity index (χ4v) is 2.42. The number of methoxy groups -OCH3 is 2. The quantitative estimate of drug-likeness (QED) is 0.610. The molecule has 0 aliphatic heterocycles. The SMILES string of the molecule is C=Cc1cc(OC)ccc1/C=C/C(=O)/C=C/c1ccc(OC)cc1C=C. The van der Waals surface area contributed by atoms with Gasteiger partial charge in [-0.25, -0.2) is 0 Å². The molecule has 0 radical (unpaired) electrons. The summed E-state index contributed by atoms with van der Waals surface area (Å²) >= 11 is 0. The maximum atomic E-state index is 12.2. The Morgan fingerprint density at radius 1 is 0.769 bits per heavy atom. The lowest BCUT2D eigenvalue weighted by Crippen LogP contribution is -1.89. The predicted molar refractivity (Wildman–Crippen MR) is 109 cm³/mol. The molecule has 0 heterocycles. The molecule has 132 valence electrons. The van der Waals surface area contributed by atoms with Crippen molar-refractivity contribution in [2.75, 3.05) is 14.2 Å². The Morgan fingerprint density at radius 2 is 1.19 bits per heavy atom. The Kier molecular flexibility index (Phi) is 6.75. The van der Waals surface area contributed by atoms with Gasteiger partial charge < -0.3 is 9.47 Å². The van der Waals surface area contributed by atoms with Crippen LogP contribution in [-0.4, -0.2) is 20.0 Å². The van der Waals surface area contributed by atoms with Crippen LogP contribution in [0.3, 0.4) is 0 Å². The number of hydrogen-bond donors (Lipinski definition) is 0. The Hall–Kier alpha value is -3.33. The summed E-state index contributed by atoms with van der Waals surface area (Å²) in [6.45, 7) is 7.59. The highest BCUT2D eigenvalue weighted by atomic mass is 16.5. The van der Waals surface area contributed by atoms with Gasteiger partial charge in [-0.1, -0.05) is 49.6 Å². The standard InChI is InChI=1S/C23H22O3/c1-5-17-15-22(25-3)13-9-19(17)7-11-21(24)12-8-20-10-14-23(26-4)16-18(20)6-2/h5-16H,1-2H2,3-4H3/b11-7+,12-8+. The molecule has 0 aliphatic carbocycles. The molecule has 2 aromatic rings. The van der Waals surface area contributed by atoms with Gasteiger partial charge in [-0.05, 0) is 58.7 Å². The summed E-state index contributed by atoms with van der Waals surface area (Å²) in [6.07, 6.45) is 10.1. The number of allylic oxidation sites excluding steroid dienone is 2. The van der Waals surface area contributed by atoms with Gasteiger partial charge >= 0.3 is 0 Å². The van der Waals surface area contributed by atoms with E-state index in [1.54, 1.807) is 38.5 Å². The summed E-state index contributed by atoms with van der Waals surface area (Å²) in [5, 5.41) is 0. The zero-order valence-electron chi connectivity index (χ0n) is 15.1. The van der Waals surface area contributed by atoms with Gasteiger partial charge in [0.2, 0.25) is 0 Å². The number of benzene rings is 2. The van der Waals surface area contributed by atoms with Crippen LogP contribution in [0.4, 0.5) is 0 Å². The lowest BCUT2D eigenvalue weighted by atomic mass is 10.0. The number of hydrogen-bond acceptors (Lipinski definition) is 3. The van der Waals surface area contributed by atoms with Crippen LogP contribution in [0.1, 0.15) is 22.3 Å². The molecular formula is C23H22O3. The minimum atomic E-state index is -0.110. The van der Waals surface area contributed by atoms with Gasteiger partial charge in [0, 0.05) is 0 Å². The van der Waals surface area contributed by atoms with Crippen LogP contribution < -0.4 is 9.47 Å². The van der Waals surface area contributed by atoms with Crippen molar-refractivity contribution in [3.63, 3.8) is 0 Å². The van der Waals surface area contributed by atoms with Crippen LogP contribution >= 0.6 is 0 Å². The van der Waals surface area contributed by atoms with Crippen molar-refractivity contribution in [1.82, 2.24) is 0 Å². The van der Waals surface area contributed by atoms with E-state index in [1.807, 2.05) is 36.4 Å². The Morgan fingerprint density at radius 3 is 1.54 bits per heavy atom. The first-order chi connectivity index (χ1) is 12.6. The first-order valence-corrected chi connectivity index (χ1v) is 8.12. The summed E-state index contributed by atoms with van der Waals surface area (Å²) in [5.74, 6) is 1.39. The number of rotatable bonds is 8. The van der Waals surface area contributed by atoms with Gasteiger partial charge in [0.05, 0.1) is 14.2 Å². The second-order valence-corrected chi connectivity index (χ2v) is 5.47. The summed E-state index contributed by atoms with van der Waals surface area (Å²) in [4.78, 5) is 12.2. The van der Waals surface area contributed by atoms with E-state index >= 15 is 0 Å². The van der Waals surface area contributed by atoms with Crippen LogP contribution in [0, 0.1) is 0 Å². The molecule has 0 spiro atoms. The van der Waals surface area contributed by atoms with Crippen molar-refractivity contribution in [3.8, 4) is 11.5 Å². The van der Waals surface area contributed by atoms with Crippen LogP contribution in [-0.2, 0) is 4.79 Å². The minimum Gasteiger partial charge on any atom is -0.497 e. The Balaban J connectivity index is 2.16. The summed E-state index contributed by atoms with van der Waals surface area (Å²) < 4.78 is 10.4. The first-order valence-electron chi connectivity index (χ1n) is 8.12. The number of ketones is 1. The smallest absolute Gasteiger partial charge is 0.178 e. The highest BCUT2D eigenvalue weighted by Gasteiger charge is 2.01. The second kappa shape index (κ2) is 9.23. The summed E-state index contributed by atoms with van der Waals surface area (Å²) in [6, 6.07) is 11.2. The molecule has 26 heavy (non-hydrogen) atoms. The zero-order valence-corrected chi connectivity index (χ0v) is 15.1. The van der Waals surface area contributed by atoms with E-state index in [0.29, 0.717) is 0 Å². The van der Waals surface area contributed by atoms with Crippen LogP contribution in [0.15, 0.2) is 61.7 Å². The molecule has 2 rings (SSSR count). The molecule has 0 aliphatic rings. The largest absolute Gasteiger partial charge is 0.497 e. The molecule has 0 saturated heterocycles. The topological polar surface area (TPSA) is 35.5 Å². The molecule has 0 N–H and O–H groups in total. The van der Waals surface area contributed by atoms with Gasteiger partial charge in [0.15, 0.2) is 5.78 Å². The maximum absolute atomic E-state index is 12.2. The normalized spacial score (nSPS) is 10.8. The van der Waals surface area contributed by atoms with E-state index in [1.165, 1.54) is 12.2 Å². The molecule has 0 fully saturated rings. The fraction of sp³-hybridized carbons (Fsp3) is 0.0870. The highest BCUT2D eigenvalue weighted by Crippen LogP contribution is 2.21. The minimum absolute atomic E-state index is 0.110. The molecular weight excluding hydrogens is 324 g/mol. The molecule has 0 amide bonds. The first kappa shape index (κ1) is 19.0. The van der Waals surface area contributed by atoms with E-state index in [2.05, 4.69) is 13.2 Å². The second-order valence-electron chi connectivity index (χ2n) is 5.47. The molecule has 3 nitrogen and oxygen atoms in total. The van der Waals surface area contributed by atoms with Crippen molar-refractivity contribution < 1.29 is 14.3 Å². The van der Waals surface area contributed by atoms with Crippen molar-refractivity contribution in [2.45, 2.75) is 0 Å². The van der Waals surface area contributed by atoms with E-state index in [4.69, 9.17) is 9.47 Å². The lowest BCUT2D eigenvalue weighted by molar-refractivity contribution is -0.110. The lowest BCUT2D eigenvalue weighted by Gasteiger charge is -2.05. The van der Waals surface area contributed by atoms with E-state index in [9.17, 15) is 4.79 Å². The van der Waals surface area contributed by atoms with Gasteiger partial charge in [0.25, 0.3) is 0 Å². The van der Waals surface area contributed by atoms with Gasteiger partial charge in [0.1, 0.15) is 11.5 Å². The molecule has 2 aromatic carbocycles. The van der Waals surface area contributed by atoms with Crippen LogP contribution in [0.2, 0.25) is 0 Å². The molecule has 3 heteroatoms.